The van der Waals surface area contributed by atoms with E-state index >= 15 is 0 Å². The van der Waals surface area contributed by atoms with Gasteiger partial charge in [-0.05, 0) is 42.3 Å². The lowest BCUT2D eigenvalue weighted by atomic mass is 10.2. The van der Waals surface area contributed by atoms with Crippen molar-refractivity contribution in [3.63, 3.8) is 0 Å². The molecule has 0 saturated carbocycles. The molecule has 0 unspecified atom stereocenters. The Morgan fingerprint density at radius 3 is 2.36 bits per heavy atom. The summed E-state index contributed by atoms with van der Waals surface area (Å²) in [5.74, 6) is 0.0613. The van der Waals surface area contributed by atoms with Crippen LogP contribution in [0.3, 0.4) is 0 Å². The molecule has 2 rings (SSSR count). The maximum Gasteiger partial charge on any atom is 0.413 e. The number of anilines is 1. The molecule has 0 fully saturated rings. The number of hydrogen-bond donors (Lipinski definition) is 1. The Kier molecular flexibility index (Phi) is 5.52. The molecule has 0 bridgehead atoms. The van der Waals surface area contributed by atoms with Gasteiger partial charge in [0.25, 0.3) is 5.56 Å². The van der Waals surface area contributed by atoms with Crippen molar-refractivity contribution < 1.29 is 9.53 Å². The van der Waals surface area contributed by atoms with E-state index in [2.05, 4.69) is 21.2 Å². The molecular weight excluding hydrogens is 390 g/mol. The van der Waals surface area contributed by atoms with Crippen LogP contribution in [0.25, 0.3) is 0 Å². The van der Waals surface area contributed by atoms with Crippen LogP contribution in [0.1, 0.15) is 26.3 Å². The van der Waals surface area contributed by atoms with E-state index in [0.717, 1.165) is 10.1 Å². The second-order valence-corrected chi connectivity index (χ2v) is 7.30. The zero-order valence-electron chi connectivity index (χ0n) is 14.5. The highest BCUT2D eigenvalue weighted by molar-refractivity contribution is 9.10. The van der Waals surface area contributed by atoms with E-state index in [4.69, 9.17) is 4.74 Å². The van der Waals surface area contributed by atoms with Gasteiger partial charge in [0.15, 0.2) is 0 Å². The number of hydrogen-bond acceptors (Lipinski definition) is 4. The molecule has 25 heavy (non-hydrogen) atoms. The molecule has 1 aromatic carbocycles. The number of amides is 1. The van der Waals surface area contributed by atoms with E-state index in [1.807, 2.05) is 30.3 Å². The number of carbonyl (C=O) groups excluding carboxylic acids is 1. The average molecular weight is 410 g/mol. The second-order valence-electron chi connectivity index (χ2n) is 6.51. The zero-order chi connectivity index (χ0) is 18.8. The first-order valence-electron chi connectivity index (χ1n) is 7.63. The average Bonchev–Trinajstić information content (AvgIpc) is 2.53. The van der Waals surface area contributed by atoms with Crippen LogP contribution in [0.2, 0.25) is 0 Å². The second kappa shape index (κ2) is 7.26. The Morgan fingerprint density at radius 1 is 1.20 bits per heavy atom. The predicted molar refractivity (Wildman–Crippen MR) is 99.0 cm³/mol. The van der Waals surface area contributed by atoms with E-state index in [-0.39, 0.29) is 16.8 Å². The monoisotopic (exact) mass is 409 g/mol. The van der Waals surface area contributed by atoms with Crippen molar-refractivity contribution in [3.05, 3.63) is 61.2 Å². The Bertz CT molecular complexity index is 895. The van der Waals surface area contributed by atoms with Gasteiger partial charge in [-0.2, -0.15) is 0 Å². The molecule has 1 aromatic heterocycles. The molecule has 1 amide bonds. The lowest BCUT2D eigenvalue weighted by Gasteiger charge is -2.21. The van der Waals surface area contributed by atoms with Gasteiger partial charge in [0, 0.05) is 7.05 Å². The van der Waals surface area contributed by atoms with Crippen LogP contribution in [0.15, 0.2) is 44.4 Å². The van der Waals surface area contributed by atoms with Crippen molar-refractivity contribution in [1.29, 1.82) is 0 Å². The smallest absolute Gasteiger partial charge is 0.413 e. The van der Waals surface area contributed by atoms with Gasteiger partial charge in [-0.1, -0.05) is 30.3 Å². The van der Waals surface area contributed by atoms with E-state index in [1.165, 1.54) is 11.6 Å². The summed E-state index contributed by atoms with van der Waals surface area (Å²) in [6, 6.07) is 9.25. The van der Waals surface area contributed by atoms with Crippen LogP contribution in [-0.2, 0) is 18.3 Å². The van der Waals surface area contributed by atoms with Gasteiger partial charge in [-0.25, -0.2) is 9.59 Å². The summed E-state index contributed by atoms with van der Waals surface area (Å²) in [6.45, 7) is 5.37. The van der Waals surface area contributed by atoms with Gasteiger partial charge in [-0.15, -0.1) is 0 Å². The summed E-state index contributed by atoms with van der Waals surface area (Å²) in [7, 11) is 1.38. The molecule has 1 heterocycles. The molecule has 134 valence electrons. The maximum absolute atomic E-state index is 12.5. The van der Waals surface area contributed by atoms with Gasteiger partial charge >= 0.3 is 11.8 Å². The van der Waals surface area contributed by atoms with Gasteiger partial charge in [0.2, 0.25) is 0 Å². The van der Waals surface area contributed by atoms with E-state index in [9.17, 15) is 14.4 Å². The molecule has 0 radical (unpaired) electrons. The molecule has 0 aliphatic carbocycles. The van der Waals surface area contributed by atoms with Crippen molar-refractivity contribution in [1.82, 2.24) is 9.13 Å². The highest BCUT2D eigenvalue weighted by Crippen LogP contribution is 2.19. The SMILES string of the molecule is Cn1c(=O)c(Br)c(NC(=O)OC(C)(C)C)n(Cc2ccccc2)c1=O. The molecule has 1 N–H and O–H groups in total. The molecule has 0 atom stereocenters. The number of nitrogens with zero attached hydrogens (tertiary/aromatic N) is 2. The number of nitrogens with one attached hydrogen (secondary N) is 1. The minimum atomic E-state index is -0.748. The summed E-state index contributed by atoms with van der Waals surface area (Å²) < 4.78 is 7.59. The summed E-state index contributed by atoms with van der Waals surface area (Å²) >= 11 is 3.17. The molecule has 0 spiro atoms. The fourth-order valence-corrected chi connectivity index (χ4v) is 2.75. The fourth-order valence-electron chi connectivity index (χ4n) is 2.17. The molecule has 0 aliphatic heterocycles. The standard InChI is InChI=1S/C17H20BrN3O4/c1-17(2,3)25-15(23)19-13-12(18)14(22)20(4)16(24)21(13)10-11-8-6-5-7-9-11/h5-9H,10H2,1-4H3,(H,19,23). The quantitative estimate of drug-likeness (QED) is 0.844. The third-order valence-electron chi connectivity index (χ3n) is 3.29. The van der Waals surface area contributed by atoms with E-state index in [1.54, 1.807) is 20.8 Å². The van der Waals surface area contributed by atoms with E-state index in [0.29, 0.717) is 0 Å². The predicted octanol–water partition coefficient (Wildman–Crippen LogP) is 2.70. The molecule has 8 heteroatoms. The number of ether oxygens (including phenoxy) is 1. The van der Waals surface area contributed by atoms with Gasteiger partial charge in [-0.3, -0.25) is 19.2 Å². The fraction of sp³-hybridized carbons (Fsp3) is 0.353. The summed E-state index contributed by atoms with van der Waals surface area (Å²) in [6.07, 6.45) is -0.748. The minimum absolute atomic E-state index is 0.0613. The van der Waals surface area contributed by atoms with Crippen LogP contribution >= 0.6 is 15.9 Å². The van der Waals surface area contributed by atoms with Gasteiger partial charge in [0.1, 0.15) is 15.9 Å². The van der Waals surface area contributed by atoms with Crippen molar-refractivity contribution in [2.75, 3.05) is 5.32 Å². The van der Waals surface area contributed by atoms with E-state index < -0.39 is 22.9 Å². The molecule has 7 nitrogen and oxygen atoms in total. The molecule has 0 aliphatic rings. The zero-order valence-corrected chi connectivity index (χ0v) is 16.1. The first-order chi connectivity index (χ1) is 11.6. The molecule has 0 saturated heterocycles. The lowest BCUT2D eigenvalue weighted by molar-refractivity contribution is 0.0634. The Labute approximate surface area is 153 Å². The third kappa shape index (κ3) is 4.60. The van der Waals surface area contributed by atoms with Crippen molar-refractivity contribution >= 4 is 27.8 Å². The first kappa shape index (κ1) is 19.0. The Hall–Kier alpha value is -2.35. The summed E-state index contributed by atoms with van der Waals surface area (Å²) in [5.41, 5.74) is -0.938. The molecular formula is C17H20BrN3O4. The van der Waals surface area contributed by atoms with Gasteiger partial charge in [0.05, 0.1) is 6.54 Å². The highest BCUT2D eigenvalue weighted by atomic mass is 79.9. The van der Waals surface area contributed by atoms with Crippen LogP contribution < -0.4 is 16.6 Å². The van der Waals surface area contributed by atoms with Crippen molar-refractivity contribution in [3.8, 4) is 0 Å². The maximum atomic E-state index is 12.5. The number of halogens is 1. The highest BCUT2D eigenvalue weighted by Gasteiger charge is 2.21. The summed E-state index contributed by atoms with van der Waals surface area (Å²) in [4.78, 5) is 36.9. The number of carbonyl (C=O) groups is 1. The van der Waals surface area contributed by atoms with Crippen molar-refractivity contribution in [2.45, 2.75) is 32.9 Å². The number of benzene rings is 1. The van der Waals surface area contributed by atoms with Gasteiger partial charge < -0.3 is 4.74 Å². The number of aromatic nitrogens is 2. The van der Waals surface area contributed by atoms with Crippen LogP contribution in [0.4, 0.5) is 10.6 Å². The van der Waals surface area contributed by atoms with Crippen molar-refractivity contribution in [2.24, 2.45) is 7.05 Å². The Balaban J connectivity index is 2.51. The minimum Gasteiger partial charge on any atom is -0.444 e. The first-order valence-corrected chi connectivity index (χ1v) is 8.42. The topological polar surface area (TPSA) is 82.3 Å². The van der Waals surface area contributed by atoms with Crippen LogP contribution in [-0.4, -0.2) is 20.8 Å². The largest absolute Gasteiger partial charge is 0.444 e. The van der Waals surface area contributed by atoms with Crippen LogP contribution in [0, 0.1) is 0 Å². The normalized spacial score (nSPS) is 11.2. The lowest BCUT2D eigenvalue weighted by Crippen LogP contribution is -2.41. The summed E-state index contributed by atoms with van der Waals surface area (Å²) in [5, 5.41) is 2.51. The third-order valence-corrected chi connectivity index (χ3v) is 4.01. The number of rotatable bonds is 3. The van der Waals surface area contributed by atoms with Crippen LogP contribution in [0.5, 0.6) is 0 Å². The Morgan fingerprint density at radius 2 is 1.80 bits per heavy atom. The molecule has 2 aromatic rings.